The number of hydrogen-bond acceptors (Lipinski definition) is 4. The van der Waals surface area contributed by atoms with E-state index >= 15 is 0 Å². The quantitative estimate of drug-likeness (QED) is 0.837. The third kappa shape index (κ3) is 1.97. The minimum Gasteiger partial charge on any atom is -0.343 e. The van der Waals surface area contributed by atoms with E-state index in [1.807, 2.05) is 24.5 Å². The van der Waals surface area contributed by atoms with E-state index in [0.29, 0.717) is 19.1 Å². The lowest BCUT2D eigenvalue weighted by Crippen LogP contribution is -2.42. The van der Waals surface area contributed by atoms with E-state index in [4.69, 9.17) is 9.47 Å². The number of nitrogens with zero attached hydrogens (tertiary/aromatic N) is 1. The molecular weight excluding hydrogens is 216 g/mol. The maximum Gasteiger partial charge on any atom is 0.198 e. The first-order chi connectivity index (χ1) is 8.42. The predicted octanol–water partition coefficient (Wildman–Crippen LogP) is 1.28. The summed E-state index contributed by atoms with van der Waals surface area (Å²) < 4.78 is 12.0. The Balaban J connectivity index is 1.92. The summed E-state index contributed by atoms with van der Waals surface area (Å²) in [7, 11) is 0. The van der Waals surface area contributed by atoms with Crippen LogP contribution < -0.4 is 5.32 Å². The topological polar surface area (TPSA) is 43.4 Å². The second-order valence-corrected chi connectivity index (χ2v) is 4.62. The highest BCUT2D eigenvalue weighted by atomic mass is 16.7. The second-order valence-electron chi connectivity index (χ2n) is 4.62. The summed E-state index contributed by atoms with van der Waals surface area (Å²) in [6.45, 7) is 3.47. The fraction of sp³-hybridized carbons (Fsp3) is 0.615. The molecule has 1 aromatic rings. The Hall–Kier alpha value is -0.970. The number of hydrogen-bond donors (Lipinski definition) is 1. The van der Waals surface area contributed by atoms with Crippen LogP contribution in [0, 0.1) is 5.92 Å². The average molecular weight is 234 g/mol. The van der Waals surface area contributed by atoms with Gasteiger partial charge in [-0.2, -0.15) is 0 Å². The lowest BCUT2D eigenvalue weighted by atomic mass is 9.85. The van der Waals surface area contributed by atoms with Crippen LogP contribution in [-0.2, 0) is 15.3 Å². The van der Waals surface area contributed by atoms with Gasteiger partial charge < -0.3 is 14.8 Å². The summed E-state index contributed by atoms with van der Waals surface area (Å²) in [5.41, 5.74) is 1.11. The average Bonchev–Trinajstić information content (AvgIpc) is 2.91. The maximum absolute atomic E-state index is 5.99. The van der Waals surface area contributed by atoms with Gasteiger partial charge in [0.25, 0.3) is 0 Å². The van der Waals surface area contributed by atoms with Crippen molar-refractivity contribution in [3.05, 3.63) is 30.1 Å². The van der Waals surface area contributed by atoms with Crippen molar-refractivity contribution in [2.45, 2.75) is 18.6 Å². The molecule has 3 heterocycles. The van der Waals surface area contributed by atoms with E-state index in [1.54, 1.807) is 0 Å². The molecule has 17 heavy (non-hydrogen) atoms. The molecule has 4 nitrogen and oxygen atoms in total. The molecule has 2 fully saturated rings. The fourth-order valence-electron chi connectivity index (χ4n) is 2.85. The summed E-state index contributed by atoms with van der Waals surface area (Å²) >= 11 is 0. The van der Waals surface area contributed by atoms with Crippen molar-refractivity contribution < 1.29 is 9.47 Å². The summed E-state index contributed by atoms with van der Waals surface area (Å²) in [6.07, 6.45) is 5.82. The van der Waals surface area contributed by atoms with Gasteiger partial charge in [0.15, 0.2) is 5.79 Å². The molecule has 2 saturated heterocycles. The Morgan fingerprint density at radius 3 is 2.41 bits per heavy atom. The number of ether oxygens (including phenoxy) is 2. The Morgan fingerprint density at radius 2 is 1.76 bits per heavy atom. The van der Waals surface area contributed by atoms with Crippen molar-refractivity contribution in [3.8, 4) is 0 Å². The molecular formula is C13H18N2O2. The van der Waals surface area contributed by atoms with Crippen LogP contribution in [0.1, 0.15) is 18.4 Å². The molecule has 4 heteroatoms. The molecule has 0 aliphatic carbocycles. The Morgan fingerprint density at radius 1 is 1.12 bits per heavy atom. The molecule has 1 aromatic heterocycles. The lowest BCUT2D eigenvalue weighted by Gasteiger charge is -2.38. The molecule has 2 aliphatic heterocycles. The van der Waals surface area contributed by atoms with Crippen LogP contribution in [0.5, 0.6) is 0 Å². The number of nitrogens with one attached hydrogen (secondary N) is 1. The van der Waals surface area contributed by atoms with Crippen molar-refractivity contribution in [1.29, 1.82) is 0 Å². The van der Waals surface area contributed by atoms with Gasteiger partial charge in [-0.25, -0.2) is 0 Å². The molecule has 0 spiro atoms. The number of pyridine rings is 1. The molecule has 0 radical (unpaired) electrons. The third-order valence-corrected chi connectivity index (χ3v) is 3.68. The molecule has 0 amide bonds. The Bertz CT molecular complexity index is 357. The minimum atomic E-state index is -0.523. The molecule has 0 atom stereocenters. The van der Waals surface area contributed by atoms with E-state index in [1.165, 1.54) is 0 Å². The van der Waals surface area contributed by atoms with Crippen LogP contribution in [0.4, 0.5) is 0 Å². The largest absolute Gasteiger partial charge is 0.343 e. The van der Waals surface area contributed by atoms with Gasteiger partial charge >= 0.3 is 0 Å². The number of piperidine rings is 1. The van der Waals surface area contributed by atoms with Gasteiger partial charge in [-0.3, -0.25) is 4.98 Å². The van der Waals surface area contributed by atoms with Crippen molar-refractivity contribution in [1.82, 2.24) is 10.3 Å². The highest BCUT2D eigenvalue weighted by Crippen LogP contribution is 2.42. The summed E-state index contributed by atoms with van der Waals surface area (Å²) in [4.78, 5) is 4.07. The van der Waals surface area contributed by atoms with Gasteiger partial charge in [-0.15, -0.1) is 0 Å². The number of rotatable bonds is 2. The predicted molar refractivity (Wildman–Crippen MR) is 63.4 cm³/mol. The summed E-state index contributed by atoms with van der Waals surface area (Å²) in [5, 5.41) is 3.38. The van der Waals surface area contributed by atoms with E-state index in [2.05, 4.69) is 10.3 Å². The highest BCUT2D eigenvalue weighted by molar-refractivity contribution is 5.19. The van der Waals surface area contributed by atoms with Gasteiger partial charge in [0.2, 0.25) is 0 Å². The van der Waals surface area contributed by atoms with Gasteiger partial charge in [-0.05, 0) is 38.1 Å². The number of aromatic nitrogens is 1. The van der Waals surface area contributed by atoms with Crippen molar-refractivity contribution in [2.24, 2.45) is 5.92 Å². The summed E-state index contributed by atoms with van der Waals surface area (Å²) in [6, 6.07) is 4.01. The first-order valence-electron chi connectivity index (χ1n) is 6.31. The van der Waals surface area contributed by atoms with E-state index in [9.17, 15) is 0 Å². The van der Waals surface area contributed by atoms with Crippen molar-refractivity contribution in [3.63, 3.8) is 0 Å². The van der Waals surface area contributed by atoms with Crippen LogP contribution in [0.15, 0.2) is 24.5 Å². The van der Waals surface area contributed by atoms with Crippen LogP contribution >= 0.6 is 0 Å². The van der Waals surface area contributed by atoms with E-state index in [0.717, 1.165) is 31.5 Å². The van der Waals surface area contributed by atoms with Crippen molar-refractivity contribution in [2.75, 3.05) is 26.3 Å². The SMILES string of the molecule is c1cc(C2(C3CCNCC3)OCCO2)ccn1. The third-order valence-electron chi connectivity index (χ3n) is 3.68. The van der Waals surface area contributed by atoms with E-state index in [-0.39, 0.29) is 0 Å². The standard InChI is InChI=1S/C13H18N2O2/c1-5-14-6-2-11(1)13(16-9-10-17-13)12-3-7-15-8-4-12/h1-2,5-6,12,15H,3-4,7-10H2. The Labute approximate surface area is 101 Å². The van der Waals surface area contributed by atoms with Crippen molar-refractivity contribution >= 4 is 0 Å². The van der Waals surface area contributed by atoms with Gasteiger partial charge in [-0.1, -0.05) is 0 Å². The lowest BCUT2D eigenvalue weighted by molar-refractivity contribution is -0.210. The van der Waals surface area contributed by atoms with Crippen LogP contribution in [0.25, 0.3) is 0 Å². The second kappa shape index (κ2) is 4.72. The molecule has 0 unspecified atom stereocenters. The van der Waals surface area contributed by atoms with Gasteiger partial charge in [0.1, 0.15) is 0 Å². The monoisotopic (exact) mass is 234 g/mol. The molecule has 1 N–H and O–H groups in total. The Kier molecular flexibility index (Phi) is 3.09. The van der Waals surface area contributed by atoms with Gasteiger partial charge in [0, 0.05) is 23.9 Å². The zero-order chi connectivity index (χ0) is 11.6. The normalized spacial score (nSPS) is 24.9. The molecule has 2 aliphatic rings. The van der Waals surface area contributed by atoms with E-state index < -0.39 is 5.79 Å². The molecule has 0 aromatic carbocycles. The minimum absolute atomic E-state index is 0.439. The zero-order valence-corrected chi connectivity index (χ0v) is 9.89. The van der Waals surface area contributed by atoms with Crippen LogP contribution in [0.3, 0.4) is 0 Å². The van der Waals surface area contributed by atoms with Crippen LogP contribution in [0.2, 0.25) is 0 Å². The van der Waals surface area contributed by atoms with Crippen LogP contribution in [-0.4, -0.2) is 31.3 Å². The zero-order valence-electron chi connectivity index (χ0n) is 9.89. The molecule has 0 bridgehead atoms. The molecule has 92 valence electrons. The smallest absolute Gasteiger partial charge is 0.198 e. The first-order valence-corrected chi connectivity index (χ1v) is 6.31. The molecule has 3 rings (SSSR count). The fourth-order valence-corrected chi connectivity index (χ4v) is 2.85. The maximum atomic E-state index is 5.99. The highest BCUT2D eigenvalue weighted by Gasteiger charge is 2.46. The summed E-state index contributed by atoms with van der Waals surface area (Å²) in [5.74, 6) is -0.0842. The van der Waals surface area contributed by atoms with Gasteiger partial charge in [0.05, 0.1) is 13.2 Å². The first kappa shape index (κ1) is 11.1. The molecule has 0 saturated carbocycles.